The van der Waals surface area contributed by atoms with Crippen LogP contribution in [0.25, 0.3) is 0 Å². The predicted octanol–water partition coefficient (Wildman–Crippen LogP) is 4.65. The minimum absolute atomic E-state index is 0.227. The van der Waals surface area contributed by atoms with Gasteiger partial charge in [0.05, 0.1) is 5.02 Å². The highest BCUT2D eigenvalue weighted by molar-refractivity contribution is 6.32. The van der Waals surface area contributed by atoms with Crippen molar-refractivity contribution < 1.29 is 9.53 Å². The minimum Gasteiger partial charge on any atom is -0.456 e. The van der Waals surface area contributed by atoms with Gasteiger partial charge in [-0.1, -0.05) is 23.7 Å². The summed E-state index contributed by atoms with van der Waals surface area (Å²) in [6, 6.07) is 13.0. The van der Waals surface area contributed by atoms with E-state index >= 15 is 0 Å². The third kappa shape index (κ3) is 2.49. The number of halogens is 1. The van der Waals surface area contributed by atoms with E-state index in [1.165, 1.54) is 0 Å². The van der Waals surface area contributed by atoms with Crippen LogP contribution in [-0.4, -0.2) is 5.78 Å². The van der Waals surface area contributed by atoms with Crippen LogP contribution in [0, 0.1) is 0 Å². The average Bonchev–Trinajstić information content (AvgIpc) is 2.42. The Morgan fingerprint density at radius 1 is 1.05 bits per heavy atom. The van der Waals surface area contributed by atoms with Gasteiger partial charge in [-0.2, -0.15) is 0 Å². The molecule has 0 atom stereocenters. The van der Waals surface area contributed by atoms with E-state index in [1.807, 2.05) is 36.4 Å². The van der Waals surface area contributed by atoms with E-state index in [0.29, 0.717) is 17.2 Å². The molecule has 19 heavy (non-hydrogen) atoms. The Balaban J connectivity index is 1.91. The lowest BCUT2D eigenvalue weighted by Crippen LogP contribution is -2.10. The van der Waals surface area contributed by atoms with E-state index in [0.717, 1.165) is 29.7 Å². The van der Waals surface area contributed by atoms with Crippen LogP contribution >= 0.6 is 11.6 Å². The molecule has 0 aliphatic heterocycles. The fourth-order valence-electron chi connectivity index (χ4n) is 2.34. The van der Waals surface area contributed by atoms with Crippen molar-refractivity contribution in [1.29, 1.82) is 0 Å². The van der Waals surface area contributed by atoms with Gasteiger partial charge >= 0.3 is 0 Å². The Hall–Kier alpha value is -1.80. The van der Waals surface area contributed by atoms with Gasteiger partial charge in [-0.05, 0) is 48.7 Å². The first-order chi connectivity index (χ1) is 9.24. The van der Waals surface area contributed by atoms with Crippen LogP contribution in [0.5, 0.6) is 11.5 Å². The smallest absolute Gasteiger partial charge is 0.163 e. The summed E-state index contributed by atoms with van der Waals surface area (Å²) in [4.78, 5) is 11.7. The largest absolute Gasteiger partial charge is 0.456 e. The molecule has 2 aromatic rings. The van der Waals surface area contributed by atoms with E-state index in [2.05, 4.69) is 0 Å². The number of ketones is 1. The van der Waals surface area contributed by atoms with Gasteiger partial charge in [-0.25, -0.2) is 0 Å². The van der Waals surface area contributed by atoms with Gasteiger partial charge in [0, 0.05) is 12.0 Å². The van der Waals surface area contributed by atoms with Gasteiger partial charge in [0.25, 0.3) is 0 Å². The quantitative estimate of drug-likeness (QED) is 0.795. The molecular weight excluding hydrogens is 260 g/mol. The maximum Gasteiger partial charge on any atom is 0.163 e. The molecule has 1 aliphatic carbocycles. The predicted molar refractivity (Wildman–Crippen MR) is 75.2 cm³/mol. The van der Waals surface area contributed by atoms with Gasteiger partial charge in [0.15, 0.2) is 5.78 Å². The van der Waals surface area contributed by atoms with Gasteiger partial charge in [-0.3, -0.25) is 4.79 Å². The molecule has 0 N–H and O–H groups in total. The van der Waals surface area contributed by atoms with Crippen LogP contribution in [0.2, 0.25) is 5.02 Å². The second-order valence-electron chi connectivity index (χ2n) is 4.63. The summed E-state index contributed by atoms with van der Waals surface area (Å²) in [5.74, 6) is 1.58. The normalized spacial score (nSPS) is 14.1. The number of ether oxygens (including phenoxy) is 1. The monoisotopic (exact) mass is 272 g/mol. The average molecular weight is 273 g/mol. The van der Waals surface area contributed by atoms with Crippen LogP contribution in [0.4, 0.5) is 0 Å². The lowest BCUT2D eigenvalue weighted by molar-refractivity contribution is 0.0972. The molecule has 0 heterocycles. The Morgan fingerprint density at radius 2 is 1.89 bits per heavy atom. The summed E-state index contributed by atoms with van der Waals surface area (Å²) in [6.45, 7) is 0. The fraction of sp³-hybridized carbons (Fsp3) is 0.188. The lowest BCUT2D eigenvalue weighted by atomic mass is 9.90. The number of carbonyl (C=O) groups excluding carboxylic acids is 1. The molecule has 0 saturated carbocycles. The number of Topliss-reactive ketones (excluding diaryl/α,β-unsaturated/α-hetero) is 1. The summed E-state index contributed by atoms with van der Waals surface area (Å²) >= 11 is 6.06. The molecule has 0 spiro atoms. The molecule has 96 valence electrons. The second kappa shape index (κ2) is 5.06. The van der Waals surface area contributed by atoms with Crippen molar-refractivity contribution in [3.8, 4) is 11.5 Å². The number of carbonyl (C=O) groups is 1. The van der Waals surface area contributed by atoms with Crippen molar-refractivity contribution in [3.05, 3.63) is 58.6 Å². The van der Waals surface area contributed by atoms with Gasteiger partial charge in [0.2, 0.25) is 0 Å². The highest BCUT2D eigenvalue weighted by Crippen LogP contribution is 2.31. The van der Waals surface area contributed by atoms with Gasteiger partial charge in [-0.15, -0.1) is 0 Å². The topological polar surface area (TPSA) is 26.3 Å². The van der Waals surface area contributed by atoms with Crippen LogP contribution in [0.3, 0.4) is 0 Å². The third-order valence-electron chi connectivity index (χ3n) is 3.29. The fourth-order valence-corrected chi connectivity index (χ4v) is 2.52. The molecule has 0 amide bonds. The molecule has 1 aliphatic rings. The second-order valence-corrected chi connectivity index (χ2v) is 5.04. The zero-order valence-electron chi connectivity index (χ0n) is 10.4. The molecule has 0 fully saturated rings. The lowest BCUT2D eigenvalue weighted by Gasteiger charge is -2.16. The maximum absolute atomic E-state index is 11.7. The number of hydrogen-bond donors (Lipinski definition) is 0. The van der Waals surface area contributed by atoms with Gasteiger partial charge in [0.1, 0.15) is 11.5 Å². The highest BCUT2D eigenvalue weighted by Gasteiger charge is 2.17. The Bertz CT molecular complexity index is 634. The summed E-state index contributed by atoms with van der Waals surface area (Å²) in [6.07, 6.45) is 2.50. The Labute approximate surface area is 117 Å². The van der Waals surface area contributed by atoms with E-state index in [1.54, 1.807) is 6.07 Å². The number of para-hydroxylation sites is 1. The molecule has 0 unspecified atom stereocenters. The molecule has 2 nitrogen and oxygen atoms in total. The number of benzene rings is 2. The number of hydrogen-bond acceptors (Lipinski definition) is 2. The summed E-state index contributed by atoms with van der Waals surface area (Å²) in [7, 11) is 0. The first-order valence-electron chi connectivity index (χ1n) is 6.32. The van der Waals surface area contributed by atoms with Crippen molar-refractivity contribution in [2.45, 2.75) is 19.3 Å². The maximum atomic E-state index is 11.7. The number of rotatable bonds is 2. The molecule has 2 aromatic carbocycles. The molecule has 3 rings (SSSR count). The first kappa shape index (κ1) is 12.2. The van der Waals surface area contributed by atoms with Crippen molar-refractivity contribution in [1.82, 2.24) is 0 Å². The Morgan fingerprint density at radius 3 is 2.74 bits per heavy atom. The van der Waals surface area contributed by atoms with Crippen LogP contribution in [-0.2, 0) is 6.42 Å². The summed E-state index contributed by atoms with van der Waals surface area (Å²) < 4.78 is 5.77. The zero-order chi connectivity index (χ0) is 13.2. The Kier molecular flexibility index (Phi) is 3.26. The van der Waals surface area contributed by atoms with Crippen LogP contribution in [0.15, 0.2) is 42.5 Å². The van der Waals surface area contributed by atoms with Crippen molar-refractivity contribution in [2.24, 2.45) is 0 Å². The van der Waals surface area contributed by atoms with E-state index in [9.17, 15) is 4.79 Å². The van der Waals surface area contributed by atoms with Crippen molar-refractivity contribution in [3.63, 3.8) is 0 Å². The number of fused-ring (bicyclic) bond motifs is 1. The zero-order valence-corrected chi connectivity index (χ0v) is 11.1. The van der Waals surface area contributed by atoms with E-state index in [4.69, 9.17) is 16.3 Å². The summed E-state index contributed by atoms with van der Waals surface area (Å²) in [5, 5.41) is 0.580. The molecule has 3 heteroatoms. The summed E-state index contributed by atoms with van der Waals surface area (Å²) in [5.41, 5.74) is 1.90. The van der Waals surface area contributed by atoms with Gasteiger partial charge < -0.3 is 4.74 Å². The van der Waals surface area contributed by atoms with E-state index in [-0.39, 0.29) is 5.78 Å². The minimum atomic E-state index is 0.227. The van der Waals surface area contributed by atoms with E-state index < -0.39 is 0 Å². The molecule has 0 radical (unpaired) electrons. The number of aryl methyl sites for hydroxylation is 1. The first-order valence-corrected chi connectivity index (χ1v) is 6.70. The molecule has 0 saturated heterocycles. The van der Waals surface area contributed by atoms with Crippen molar-refractivity contribution >= 4 is 17.4 Å². The van der Waals surface area contributed by atoms with Crippen LogP contribution < -0.4 is 4.74 Å². The highest BCUT2D eigenvalue weighted by atomic mass is 35.5. The molecule has 0 bridgehead atoms. The molecule has 0 aromatic heterocycles. The van der Waals surface area contributed by atoms with Crippen LogP contribution in [0.1, 0.15) is 28.8 Å². The SMILES string of the molecule is O=C1CCCc2cc(Oc3ccccc3Cl)ccc21. The standard InChI is InChI=1S/C16H13ClO2/c17-14-5-1-2-7-16(14)19-12-8-9-13-11(10-12)4-3-6-15(13)18/h1-2,5,7-10H,3-4,6H2. The molecular formula is C16H13ClO2. The third-order valence-corrected chi connectivity index (χ3v) is 3.60. The van der Waals surface area contributed by atoms with Crippen molar-refractivity contribution in [2.75, 3.05) is 0 Å².